The highest BCUT2D eigenvalue weighted by Crippen LogP contribution is 2.14. The number of amides is 3. The van der Waals surface area contributed by atoms with Gasteiger partial charge in [-0.25, -0.2) is 4.79 Å². The van der Waals surface area contributed by atoms with Gasteiger partial charge in [-0.2, -0.15) is 0 Å². The molecule has 0 fully saturated rings. The van der Waals surface area contributed by atoms with Crippen molar-refractivity contribution < 1.29 is 23.9 Å². The second-order valence-electron chi connectivity index (χ2n) is 8.97. The molecular weight excluding hydrogens is 410 g/mol. The zero-order chi connectivity index (χ0) is 24.1. The number of unbranched alkanes of at least 4 members (excludes halogenated alkanes) is 1. The fourth-order valence-electron chi connectivity index (χ4n) is 3.07. The molecule has 0 aliphatic rings. The van der Waals surface area contributed by atoms with Crippen LogP contribution >= 0.6 is 0 Å². The summed E-state index contributed by atoms with van der Waals surface area (Å²) in [6.45, 7) is 7.66. The molecular formula is C24H39N3O5. The predicted octanol–water partition coefficient (Wildman–Crippen LogP) is 3.21. The Morgan fingerprint density at radius 1 is 1.03 bits per heavy atom. The average molecular weight is 450 g/mol. The maximum atomic E-state index is 12.2. The van der Waals surface area contributed by atoms with Crippen LogP contribution in [0.2, 0.25) is 0 Å². The number of carbonyl (C=O) groups is 3. The zero-order valence-electron chi connectivity index (χ0n) is 20.0. The van der Waals surface area contributed by atoms with E-state index >= 15 is 0 Å². The number of aryl methyl sites for hydroxylation is 1. The van der Waals surface area contributed by atoms with E-state index in [0.717, 1.165) is 24.8 Å². The minimum atomic E-state index is -0.610. The molecule has 1 rings (SSSR count). The highest BCUT2D eigenvalue weighted by molar-refractivity contribution is 5.75. The van der Waals surface area contributed by atoms with Crippen LogP contribution < -0.4 is 16.4 Å². The topological polar surface area (TPSA) is 120 Å². The largest absolute Gasteiger partial charge is 0.444 e. The summed E-state index contributed by atoms with van der Waals surface area (Å²) < 4.78 is 11.3. The lowest BCUT2D eigenvalue weighted by Crippen LogP contribution is -2.45. The van der Waals surface area contributed by atoms with Crippen LogP contribution in [-0.4, -0.2) is 42.7 Å². The van der Waals surface area contributed by atoms with Gasteiger partial charge >= 0.3 is 6.09 Å². The van der Waals surface area contributed by atoms with Crippen LogP contribution in [0.15, 0.2) is 24.3 Å². The van der Waals surface area contributed by atoms with Gasteiger partial charge in [0.2, 0.25) is 11.8 Å². The highest BCUT2D eigenvalue weighted by Gasteiger charge is 2.24. The van der Waals surface area contributed by atoms with Crippen LogP contribution in [-0.2, 0) is 32.1 Å². The van der Waals surface area contributed by atoms with Crippen molar-refractivity contribution in [1.29, 1.82) is 0 Å². The van der Waals surface area contributed by atoms with Crippen LogP contribution in [0.4, 0.5) is 4.79 Å². The van der Waals surface area contributed by atoms with Crippen molar-refractivity contribution in [3.63, 3.8) is 0 Å². The van der Waals surface area contributed by atoms with Crippen molar-refractivity contribution >= 4 is 17.9 Å². The lowest BCUT2D eigenvalue weighted by Gasteiger charge is -2.27. The number of rotatable bonds is 13. The van der Waals surface area contributed by atoms with Gasteiger partial charge in [-0.15, -0.1) is 0 Å². The van der Waals surface area contributed by atoms with Crippen LogP contribution in [0.3, 0.4) is 0 Å². The Morgan fingerprint density at radius 2 is 1.66 bits per heavy atom. The van der Waals surface area contributed by atoms with Gasteiger partial charge in [-0.05, 0) is 64.5 Å². The summed E-state index contributed by atoms with van der Waals surface area (Å²) in [5.41, 5.74) is 6.76. The number of nitrogens with two attached hydrogens (primary N) is 1. The molecule has 0 saturated carbocycles. The Kier molecular flexibility index (Phi) is 11.8. The van der Waals surface area contributed by atoms with E-state index in [4.69, 9.17) is 15.2 Å². The third-order valence-corrected chi connectivity index (χ3v) is 4.90. The maximum absolute atomic E-state index is 12.2. The fraction of sp³-hybridized carbons (Fsp3) is 0.625. The minimum absolute atomic E-state index is 0.0976. The third-order valence-electron chi connectivity index (χ3n) is 4.90. The van der Waals surface area contributed by atoms with Gasteiger partial charge in [0, 0.05) is 19.9 Å². The van der Waals surface area contributed by atoms with E-state index in [1.807, 2.05) is 19.1 Å². The van der Waals surface area contributed by atoms with Crippen LogP contribution in [0, 0.1) is 0 Å². The van der Waals surface area contributed by atoms with Crippen molar-refractivity contribution in [1.82, 2.24) is 10.6 Å². The van der Waals surface area contributed by atoms with E-state index in [-0.39, 0.29) is 30.4 Å². The van der Waals surface area contributed by atoms with Gasteiger partial charge in [0.1, 0.15) is 5.60 Å². The third kappa shape index (κ3) is 12.3. The number of primary amides is 1. The van der Waals surface area contributed by atoms with Gasteiger partial charge in [0.05, 0.1) is 18.8 Å². The molecule has 1 aromatic rings. The molecule has 180 valence electrons. The zero-order valence-corrected chi connectivity index (χ0v) is 20.0. The molecule has 32 heavy (non-hydrogen) atoms. The van der Waals surface area contributed by atoms with Crippen LogP contribution in [0.1, 0.15) is 70.9 Å². The van der Waals surface area contributed by atoms with Crippen LogP contribution in [0.5, 0.6) is 0 Å². The first-order valence-corrected chi connectivity index (χ1v) is 11.2. The summed E-state index contributed by atoms with van der Waals surface area (Å²) in [7, 11) is 1.58. The second kappa shape index (κ2) is 13.7. The van der Waals surface area contributed by atoms with E-state index < -0.39 is 11.7 Å². The molecule has 0 unspecified atom stereocenters. The summed E-state index contributed by atoms with van der Waals surface area (Å²) in [5, 5.41) is 5.43. The van der Waals surface area contributed by atoms with E-state index in [0.29, 0.717) is 19.4 Å². The Hall–Kier alpha value is -2.61. The molecule has 0 aromatic heterocycles. The molecule has 8 nitrogen and oxygen atoms in total. The molecule has 1 aromatic carbocycles. The summed E-state index contributed by atoms with van der Waals surface area (Å²) >= 11 is 0. The smallest absolute Gasteiger partial charge is 0.407 e. The lowest BCUT2D eigenvalue weighted by atomic mass is 10.0. The van der Waals surface area contributed by atoms with Gasteiger partial charge in [0.15, 0.2) is 0 Å². The lowest BCUT2D eigenvalue weighted by molar-refractivity contribution is -0.121. The fourth-order valence-corrected chi connectivity index (χ4v) is 3.07. The Balaban J connectivity index is 2.60. The number of nitrogens with one attached hydrogen (secondary N) is 2. The summed E-state index contributed by atoms with van der Waals surface area (Å²) in [6.07, 6.45) is 2.88. The molecule has 0 bridgehead atoms. The predicted molar refractivity (Wildman–Crippen MR) is 124 cm³/mol. The molecule has 0 aliphatic carbocycles. The Morgan fingerprint density at radius 3 is 2.22 bits per heavy atom. The molecule has 4 N–H and O–H groups in total. The molecule has 0 heterocycles. The number of carbonyl (C=O) groups excluding carboxylic acids is 3. The SMILES string of the molecule is CNC(=O)CC[C@H](NC(=O)OC(C)(C)C)[C@@H](C)OCc1ccc(CCCCC(N)=O)cc1. The minimum Gasteiger partial charge on any atom is -0.444 e. The first-order valence-electron chi connectivity index (χ1n) is 11.2. The number of alkyl carbamates (subject to hydrolysis) is 1. The Bertz CT molecular complexity index is 728. The molecule has 8 heteroatoms. The standard InChI is InChI=1S/C24H39N3O5/c1-17(20(14-15-22(29)26-5)27-23(30)32-24(2,3)4)31-16-19-12-10-18(11-13-19)8-6-7-9-21(25)28/h10-13,17,20H,6-9,14-16H2,1-5H3,(H2,25,28)(H,26,29)(H,27,30)/t17-,20+/m1/s1. The van der Waals surface area contributed by atoms with E-state index in [2.05, 4.69) is 22.8 Å². The van der Waals surface area contributed by atoms with Crippen molar-refractivity contribution in [3.8, 4) is 0 Å². The maximum Gasteiger partial charge on any atom is 0.407 e. The monoisotopic (exact) mass is 449 g/mol. The Labute approximate surface area is 191 Å². The van der Waals surface area contributed by atoms with Gasteiger partial charge < -0.3 is 25.8 Å². The summed E-state index contributed by atoms with van der Waals surface area (Å²) in [5.74, 6) is -0.360. The molecule has 2 atom stereocenters. The average Bonchev–Trinajstić information content (AvgIpc) is 2.71. The number of ether oxygens (including phenoxy) is 2. The molecule has 0 radical (unpaired) electrons. The van der Waals surface area contributed by atoms with Crippen molar-refractivity contribution in [3.05, 3.63) is 35.4 Å². The molecule has 0 spiro atoms. The van der Waals surface area contributed by atoms with Gasteiger partial charge in [0.25, 0.3) is 0 Å². The normalized spacial score (nSPS) is 13.2. The number of benzene rings is 1. The number of hydrogen-bond acceptors (Lipinski definition) is 5. The van der Waals surface area contributed by atoms with E-state index in [1.54, 1.807) is 27.8 Å². The van der Waals surface area contributed by atoms with Crippen molar-refractivity contribution in [2.75, 3.05) is 7.05 Å². The van der Waals surface area contributed by atoms with Crippen molar-refractivity contribution in [2.24, 2.45) is 5.73 Å². The summed E-state index contributed by atoms with van der Waals surface area (Å²) in [6, 6.07) is 7.76. The first-order chi connectivity index (χ1) is 15.0. The van der Waals surface area contributed by atoms with E-state index in [9.17, 15) is 14.4 Å². The molecule has 0 aliphatic heterocycles. The number of hydrogen-bond donors (Lipinski definition) is 3. The quantitative estimate of drug-likeness (QED) is 0.400. The van der Waals surface area contributed by atoms with E-state index in [1.165, 1.54) is 5.56 Å². The molecule has 0 saturated heterocycles. The molecule has 3 amide bonds. The highest BCUT2D eigenvalue weighted by atomic mass is 16.6. The van der Waals surface area contributed by atoms with Crippen LogP contribution in [0.25, 0.3) is 0 Å². The van der Waals surface area contributed by atoms with Gasteiger partial charge in [-0.3, -0.25) is 9.59 Å². The second-order valence-corrected chi connectivity index (χ2v) is 8.97. The van der Waals surface area contributed by atoms with Gasteiger partial charge in [-0.1, -0.05) is 24.3 Å². The first kappa shape index (κ1) is 27.4. The summed E-state index contributed by atoms with van der Waals surface area (Å²) in [4.78, 5) is 34.7. The van der Waals surface area contributed by atoms with Crippen molar-refractivity contribution in [2.45, 2.75) is 90.6 Å².